The van der Waals surface area contributed by atoms with Gasteiger partial charge in [-0.2, -0.15) is 10.2 Å². The molecule has 2 aromatic heterocycles. The first-order valence-corrected chi connectivity index (χ1v) is 15.9. The molecular weight excluding hydrogens is 758 g/mol. The number of aromatic nitrogens is 4. The molecule has 282 valence electrons. The van der Waals surface area contributed by atoms with Crippen LogP contribution in [0.25, 0.3) is 11.4 Å². The summed E-state index contributed by atoms with van der Waals surface area (Å²) in [5.41, 5.74) is 2.20. The second-order valence-electron chi connectivity index (χ2n) is 11.4. The Kier molecular flexibility index (Phi) is 13.4. The molecule has 0 aliphatic carbocycles. The van der Waals surface area contributed by atoms with E-state index in [0.29, 0.717) is 34.1 Å². The van der Waals surface area contributed by atoms with Crippen LogP contribution in [0.3, 0.4) is 0 Å². The van der Waals surface area contributed by atoms with Crippen molar-refractivity contribution in [1.29, 1.82) is 0 Å². The van der Waals surface area contributed by atoms with Gasteiger partial charge in [0.2, 0.25) is 11.8 Å². The van der Waals surface area contributed by atoms with E-state index in [1.165, 1.54) is 46.1 Å². The van der Waals surface area contributed by atoms with E-state index in [1.54, 1.807) is 69.5 Å². The molecule has 55 heavy (non-hydrogen) atoms. The standard InChI is InChI=1S/2C19H16FN3O4.Cr/c1-11-14(10-21-16-5-3-4-15(20)17(16)19(25)26)18(24)23(22-11)12-6-8-13(27-2)9-7-12;1-11-14(9-21-16-4-2-3-15(20)17(16)19(26)27)18(25)23(22-11)13-7-5-12(10-24)6-8-13;/h3-10,24H,1-2H3,(H,25,26);2-9,24-25H,10H2,1H3,(H,26,27);. The zero-order valence-corrected chi connectivity index (χ0v) is 30.5. The Labute approximate surface area is 322 Å². The number of hydrogen-bond donors (Lipinski definition) is 5. The van der Waals surface area contributed by atoms with Crippen LogP contribution < -0.4 is 4.74 Å². The van der Waals surface area contributed by atoms with Crippen LogP contribution in [-0.4, -0.2) is 76.6 Å². The summed E-state index contributed by atoms with van der Waals surface area (Å²) in [6, 6.07) is 21.2. The summed E-state index contributed by atoms with van der Waals surface area (Å²) in [5, 5.41) is 56.9. The van der Waals surface area contributed by atoms with Crippen LogP contribution in [0.1, 0.15) is 48.8 Å². The molecule has 4 aromatic carbocycles. The average molecular weight is 791 g/mol. The monoisotopic (exact) mass is 790 g/mol. The molecule has 0 unspecified atom stereocenters. The van der Waals surface area contributed by atoms with Crippen molar-refractivity contribution < 1.29 is 66.0 Å². The number of aliphatic hydroxyl groups is 1. The zero-order valence-electron chi connectivity index (χ0n) is 29.3. The number of nitrogens with zero attached hydrogens (tertiary/aromatic N) is 6. The minimum Gasteiger partial charge on any atom is -0.497 e. The Morgan fingerprint density at radius 1 is 0.709 bits per heavy atom. The van der Waals surface area contributed by atoms with E-state index in [2.05, 4.69) is 20.2 Å². The number of carboxylic acid groups (broad SMARTS) is 2. The van der Waals surface area contributed by atoms with E-state index in [4.69, 9.17) is 20.1 Å². The number of halogens is 2. The van der Waals surface area contributed by atoms with Gasteiger partial charge in [-0.05, 0) is 80.1 Å². The quantitative estimate of drug-likeness (QED) is 0.0960. The van der Waals surface area contributed by atoms with Gasteiger partial charge in [0.1, 0.15) is 28.5 Å². The van der Waals surface area contributed by atoms with Crippen molar-refractivity contribution in [1.82, 2.24) is 19.6 Å². The van der Waals surface area contributed by atoms with Gasteiger partial charge >= 0.3 is 11.9 Å². The molecule has 14 nitrogen and oxygen atoms in total. The van der Waals surface area contributed by atoms with Gasteiger partial charge in [-0.3, -0.25) is 9.98 Å². The van der Waals surface area contributed by atoms with E-state index < -0.39 is 34.7 Å². The molecule has 17 heteroatoms. The molecule has 0 radical (unpaired) electrons. The summed E-state index contributed by atoms with van der Waals surface area (Å²) in [4.78, 5) is 30.5. The predicted octanol–water partition coefficient (Wildman–Crippen LogP) is 6.45. The fourth-order valence-corrected chi connectivity index (χ4v) is 5.11. The van der Waals surface area contributed by atoms with Gasteiger partial charge in [-0.25, -0.2) is 27.7 Å². The van der Waals surface area contributed by atoms with E-state index in [9.17, 15) is 28.6 Å². The van der Waals surface area contributed by atoms with Crippen molar-refractivity contribution in [2.75, 3.05) is 7.11 Å². The van der Waals surface area contributed by atoms with Gasteiger partial charge in [-0.1, -0.05) is 24.3 Å². The second kappa shape index (κ2) is 17.9. The van der Waals surface area contributed by atoms with Crippen molar-refractivity contribution >= 4 is 35.7 Å². The van der Waals surface area contributed by atoms with Crippen LogP contribution in [0.4, 0.5) is 20.2 Å². The molecule has 0 bridgehead atoms. The van der Waals surface area contributed by atoms with Gasteiger partial charge in [0, 0.05) is 29.8 Å². The molecule has 0 amide bonds. The molecule has 0 saturated heterocycles. The van der Waals surface area contributed by atoms with Gasteiger partial charge in [0.25, 0.3) is 0 Å². The number of aromatic carboxylic acids is 2. The third-order valence-electron chi connectivity index (χ3n) is 7.92. The number of aromatic hydroxyl groups is 2. The normalized spacial score (nSPS) is 10.9. The Morgan fingerprint density at radius 2 is 1.11 bits per heavy atom. The van der Waals surface area contributed by atoms with Crippen molar-refractivity contribution in [2.45, 2.75) is 20.5 Å². The SMILES string of the molecule is COc1ccc(-n2nc(C)c(C=Nc3cccc(F)c3C(=O)O)c2O)cc1.Cc1nn(-c2ccc(CO)cc2)c(O)c1C=Nc1cccc(F)c1C(=O)O.[Cr]. The summed E-state index contributed by atoms with van der Waals surface area (Å²) >= 11 is 0. The topological polar surface area (TPSA) is 205 Å². The number of ether oxygens (including phenoxy) is 1. The van der Waals surface area contributed by atoms with E-state index in [-0.39, 0.29) is 52.7 Å². The minimum atomic E-state index is -1.43. The van der Waals surface area contributed by atoms with E-state index in [1.807, 2.05) is 0 Å². The predicted molar refractivity (Wildman–Crippen MR) is 194 cm³/mol. The Hall–Kier alpha value is -6.67. The van der Waals surface area contributed by atoms with Crippen LogP contribution in [0, 0.1) is 25.5 Å². The van der Waals surface area contributed by atoms with Crippen LogP contribution in [0.15, 0.2) is 94.9 Å². The van der Waals surface area contributed by atoms with Crippen molar-refractivity contribution in [3.05, 3.63) is 136 Å². The van der Waals surface area contributed by atoms with E-state index in [0.717, 1.165) is 17.7 Å². The number of aliphatic hydroxyl groups excluding tert-OH is 1. The van der Waals surface area contributed by atoms with Gasteiger partial charge in [-0.15, -0.1) is 0 Å². The summed E-state index contributed by atoms with van der Waals surface area (Å²) in [6.45, 7) is 3.23. The average Bonchev–Trinajstić information content (AvgIpc) is 3.61. The van der Waals surface area contributed by atoms with Crippen LogP contribution in [-0.2, 0) is 24.0 Å². The molecule has 0 fully saturated rings. The van der Waals surface area contributed by atoms with Gasteiger partial charge < -0.3 is 30.3 Å². The number of rotatable bonds is 10. The smallest absolute Gasteiger partial charge is 0.340 e. The van der Waals surface area contributed by atoms with Crippen LogP contribution in [0.5, 0.6) is 17.5 Å². The molecule has 6 aromatic rings. The maximum Gasteiger partial charge on any atom is 0.340 e. The van der Waals surface area contributed by atoms with Crippen LogP contribution in [0.2, 0.25) is 0 Å². The van der Waals surface area contributed by atoms with Gasteiger partial charge in [0.05, 0.1) is 59.0 Å². The van der Waals surface area contributed by atoms with E-state index >= 15 is 0 Å². The maximum absolute atomic E-state index is 13.7. The number of hydrogen-bond acceptors (Lipinski definition) is 10. The van der Waals surface area contributed by atoms with Crippen molar-refractivity contribution in [3.63, 3.8) is 0 Å². The molecular formula is C38H32CrF2N6O8. The number of carbonyl (C=O) groups is 2. The molecule has 5 N–H and O–H groups in total. The Morgan fingerprint density at radius 3 is 1.47 bits per heavy atom. The number of benzene rings is 4. The fourth-order valence-electron chi connectivity index (χ4n) is 5.11. The third kappa shape index (κ3) is 9.11. The Bertz CT molecular complexity index is 2230. The van der Waals surface area contributed by atoms with Gasteiger partial charge in [0.15, 0.2) is 0 Å². The first kappa shape index (κ1) is 41.1. The largest absolute Gasteiger partial charge is 0.497 e. The molecule has 0 saturated carbocycles. The summed E-state index contributed by atoms with van der Waals surface area (Å²) in [5.74, 6) is -4.33. The fraction of sp³-hybridized carbons (Fsp3) is 0.105. The van der Waals surface area contributed by atoms with Crippen molar-refractivity contribution in [2.24, 2.45) is 9.98 Å². The molecule has 0 aliphatic heterocycles. The minimum absolute atomic E-state index is 0. The zero-order chi connectivity index (χ0) is 39.1. The number of methoxy groups -OCH3 is 1. The summed E-state index contributed by atoms with van der Waals surface area (Å²) in [7, 11) is 1.55. The maximum atomic E-state index is 13.7. The molecule has 2 heterocycles. The number of carboxylic acids is 2. The summed E-state index contributed by atoms with van der Waals surface area (Å²) in [6.07, 6.45) is 2.51. The van der Waals surface area contributed by atoms with Crippen molar-refractivity contribution in [3.8, 4) is 28.9 Å². The number of aryl methyl sites for hydroxylation is 2. The first-order chi connectivity index (χ1) is 25.8. The molecule has 6 rings (SSSR count). The first-order valence-electron chi connectivity index (χ1n) is 15.9. The molecule has 0 aliphatic rings. The summed E-state index contributed by atoms with van der Waals surface area (Å²) < 4.78 is 35.2. The van der Waals surface area contributed by atoms with Crippen LogP contribution >= 0.6 is 0 Å². The third-order valence-corrected chi connectivity index (χ3v) is 7.92. The molecule has 0 spiro atoms. The number of aliphatic imine (C=N–C) groups is 2. The second-order valence-corrected chi connectivity index (χ2v) is 11.4. The molecule has 0 atom stereocenters. The Balaban J connectivity index is 0.000000240.